The molecule has 1 N–H and O–H groups in total. The van der Waals surface area contributed by atoms with Crippen molar-refractivity contribution in [3.8, 4) is 0 Å². The van der Waals surface area contributed by atoms with Crippen LogP contribution in [0.5, 0.6) is 0 Å². The Morgan fingerprint density at radius 3 is 2.08 bits per heavy atom. The van der Waals surface area contributed by atoms with Crippen molar-refractivity contribution in [2.75, 3.05) is 14.1 Å². The molecule has 0 aromatic carbocycles. The van der Waals surface area contributed by atoms with Gasteiger partial charge in [-0.1, -0.05) is 0 Å². The molecule has 2 amide bonds. The van der Waals surface area contributed by atoms with E-state index in [2.05, 4.69) is 17.9 Å². The number of hydrogen-bond donors (Lipinski definition) is 2. The summed E-state index contributed by atoms with van der Waals surface area (Å²) in [5.74, 6) is -0.353. The summed E-state index contributed by atoms with van der Waals surface area (Å²) in [6.45, 7) is 3.31. The number of hydrogen-bond acceptors (Lipinski definition) is 3. The van der Waals surface area contributed by atoms with Gasteiger partial charge in [0.1, 0.15) is 6.04 Å². The molecule has 0 saturated heterocycles. The van der Waals surface area contributed by atoms with Crippen LogP contribution in [0.3, 0.4) is 0 Å². The van der Waals surface area contributed by atoms with Crippen LogP contribution in [-0.2, 0) is 9.59 Å². The molecule has 2 unspecified atom stereocenters. The number of nitrogens with zero attached hydrogens (tertiary/aromatic N) is 1. The molecule has 0 aliphatic carbocycles. The molecule has 4 nitrogen and oxygen atoms in total. The Kier molecular flexibility index (Phi) is 4.83. The summed E-state index contributed by atoms with van der Waals surface area (Å²) in [6, 6.07) is -0.489. The maximum atomic E-state index is 11.3. The van der Waals surface area contributed by atoms with Gasteiger partial charge in [-0.25, -0.2) is 0 Å². The predicted molar refractivity (Wildman–Crippen MR) is 54.7 cm³/mol. The molecular weight excluding hydrogens is 188 g/mol. The van der Waals surface area contributed by atoms with Gasteiger partial charge in [-0.15, -0.1) is 0 Å². The second-order valence-electron chi connectivity index (χ2n) is 3.14. The monoisotopic (exact) mass is 204 g/mol. The molecular formula is C8H16N2O2S. The summed E-state index contributed by atoms with van der Waals surface area (Å²) in [4.78, 5) is 23.8. The topological polar surface area (TPSA) is 49.4 Å². The van der Waals surface area contributed by atoms with Gasteiger partial charge in [0.25, 0.3) is 0 Å². The maximum Gasteiger partial charge on any atom is 0.244 e. The third kappa shape index (κ3) is 4.17. The minimum atomic E-state index is -0.489. The molecule has 0 aromatic rings. The zero-order valence-electron chi connectivity index (χ0n) is 8.37. The number of likely N-dealkylation sites (N-methyl/N-ethyl adjacent to an activating group) is 1. The van der Waals surface area contributed by atoms with Crippen LogP contribution in [0.15, 0.2) is 0 Å². The number of carbonyl (C=O) groups excluding carboxylic acids is 2. The molecule has 0 aliphatic heterocycles. The molecule has 0 aliphatic rings. The molecule has 2 atom stereocenters. The first-order valence-electron chi connectivity index (χ1n) is 4.06. The molecule has 5 heteroatoms. The van der Waals surface area contributed by atoms with E-state index in [9.17, 15) is 9.59 Å². The lowest BCUT2D eigenvalue weighted by Crippen LogP contribution is -2.46. The molecule has 0 spiro atoms. The summed E-state index contributed by atoms with van der Waals surface area (Å²) >= 11 is 3.95. The fourth-order valence-electron chi connectivity index (χ4n) is 0.783. The number of nitrogens with one attached hydrogen (secondary N) is 1. The summed E-state index contributed by atoms with van der Waals surface area (Å²) < 4.78 is 0. The zero-order chi connectivity index (χ0) is 10.6. The van der Waals surface area contributed by atoms with Crippen LogP contribution in [0.4, 0.5) is 0 Å². The highest BCUT2D eigenvalue weighted by Crippen LogP contribution is 1.95. The highest BCUT2D eigenvalue weighted by Gasteiger charge is 2.18. The van der Waals surface area contributed by atoms with Crippen molar-refractivity contribution >= 4 is 24.4 Å². The third-order valence-electron chi connectivity index (χ3n) is 1.55. The van der Waals surface area contributed by atoms with E-state index in [0.717, 1.165) is 0 Å². The Bertz CT molecular complexity index is 204. The maximum absolute atomic E-state index is 11.3. The van der Waals surface area contributed by atoms with Gasteiger partial charge >= 0.3 is 0 Å². The van der Waals surface area contributed by atoms with Gasteiger partial charge in [-0.05, 0) is 13.8 Å². The molecule has 0 heterocycles. The van der Waals surface area contributed by atoms with Gasteiger partial charge in [0.2, 0.25) is 11.8 Å². The minimum Gasteiger partial charge on any atom is -0.347 e. The lowest BCUT2D eigenvalue weighted by Gasteiger charge is -2.18. The van der Waals surface area contributed by atoms with E-state index in [1.54, 1.807) is 27.9 Å². The average molecular weight is 204 g/mol. The minimum absolute atomic E-state index is 0.123. The van der Waals surface area contributed by atoms with Crippen molar-refractivity contribution in [2.24, 2.45) is 0 Å². The summed E-state index contributed by atoms with van der Waals surface area (Å²) in [7, 11) is 3.30. The smallest absolute Gasteiger partial charge is 0.244 e. The van der Waals surface area contributed by atoms with Gasteiger partial charge in [0, 0.05) is 14.1 Å². The molecule has 0 fully saturated rings. The number of thiol groups is 1. The highest BCUT2D eigenvalue weighted by molar-refractivity contribution is 7.81. The first-order chi connectivity index (χ1) is 5.86. The number of amides is 2. The van der Waals surface area contributed by atoms with Crippen molar-refractivity contribution in [3.05, 3.63) is 0 Å². The second-order valence-corrected chi connectivity index (χ2v) is 3.91. The largest absolute Gasteiger partial charge is 0.347 e. The molecule has 0 bridgehead atoms. The number of rotatable bonds is 3. The van der Waals surface area contributed by atoms with Gasteiger partial charge in [-0.2, -0.15) is 12.6 Å². The SMILES string of the molecule is CC(S)C(=O)NC(C)C(=O)N(C)C. The van der Waals surface area contributed by atoms with Crippen LogP contribution in [0.2, 0.25) is 0 Å². The van der Waals surface area contributed by atoms with Crippen molar-refractivity contribution < 1.29 is 9.59 Å². The van der Waals surface area contributed by atoms with Crippen molar-refractivity contribution in [1.82, 2.24) is 10.2 Å². The van der Waals surface area contributed by atoms with Crippen LogP contribution in [-0.4, -0.2) is 42.1 Å². The standard InChI is InChI=1S/C8H16N2O2S/c1-5(8(12)10(3)4)9-7(11)6(2)13/h5-6,13H,1-4H3,(H,9,11). The normalized spacial score (nSPS) is 14.5. The molecule has 13 heavy (non-hydrogen) atoms. The summed E-state index contributed by atoms with van der Waals surface area (Å²) in [5.41, 5.74) is 0. The Morgan fingerprint density at radius 2 is 1.77 bits per heavy atom. The summed E-state index contributed by atoms with van der Waals surface area (Å²) in [5, 5.41) is 2.16. The molecule has 0 aromatic heterocycles. The van der Waals surface area contributed by atoms with E-state index in [1.165, 1.54) is 4.90 Å². The lowest BCUT2D eigenvalue weighted by atomic mass is 10.3. The van der Waals surface area contributed by atoms with Gasteiger partial charge in [0.05, 0.1) is 5.25 Å². The van der Waals surface area contributed by atoms with E-state index in [1.807, 2.05) is 0 Å². The molecule has 0 saturated carbocycles. The Hall–Kier alpha value is -0.710. The lowest BCUT2D eigenvalue weighted by molar-refractivity contribution is -0.133. The molecule has 0 rings (SSSR count). The van der Waals surface area contributed by atoms with Crippen molar-refractivity contribution in [1.29, 1.82) is 0 Å². The highest BCUT2D eigenvalue weighted by atomic mass is 32.1. The quantitative estimate of drug-likeness (QED) is 0.631. The first-order valence-corrected chi connectivity index (χ1v) is 4.57. The Balaban J connectivity index is 4.08. The first kappa shape index (κ1) is 12.3. The van der Waals surface area contributed by atoms with E-state index >= 15 is 0 Å². The summed E-state index contributed by atoms with van der Waals surface area (Å²) in [6.07, 6.45) is 0. The van der Waals surface area contributed by atoms with Crippen LogP contribution in [0.25, 0.3) is 0 Å². The fraction of sp³-hybridized carbons (Fsp3) is 0.750. The van der Waals surface area contributed by atoms with Crippen molar-refractivity contribution in [3.63, 3.8) is 0 Å². The van der Waals surface area contributed by atoms with E-state index in [0.29, 0.717) is 0 Å². The van der Waals surface area contributed by atoms with Crippen LogP contribution in [0, 0.1) is 0 Å². The van der Waals surface area contributed by atoms with Crippen LogP contribution < -0.4 is 5.32 Å². The van der Waals surface area contributed by atoms with Gasteiger partial charge < -0.3 is 10.2 Å². The van der Waals surface area contributed by atoms with Gasteiger partial charge in [-0.3, -0.25) is 9.59 Å². The van der Waals surface area contributed by atoms with Gasteiger partial charge in [0.15, 0.2) is 0 Å². The molecule has 0 radical (unpaired) electrons. The Labute approximate surface area is 84.1 Å². The average Bonchev–Trinajstić information content (AvgIpc) is 2.02. The predicted octanol–water partition coefficient (Wildman–Crippen LogP) is -0.102. The zero-order valence-corrected chi connectivity index (χ0v) is 9.26. The number of carbonyl (C=O) groups is 2. The molecule has 76 valence electrons. The fourth-order valence-corrected chi connectivity index (χ4v) is 0.858. The van der Waals surface area contributed by atoms with E-state index in [4.69, 9.17) is 0 Å². The Morgan fingerprint density at radius 1 is 1.31 bits per heavy atom. The van der Waals surface area contributed by atoms with E-state index < -0.39 is 11.3 Å². The van der Waals surface area contributed by atoms with Crippen molar-refractivity contribution in [2.45, 2.75) is 25.1 Å². The third-order valence-corrected chi connectivity index (χ3v) is 1.78. The van der Waals surface area contributed by atoms with Crippen LogP contribution >= 0.6 is 12.6 Å². The van der Waals surface area contributed by atoms with E-state index in [-0.39, 0.29) is 11.8 Å². The second kappa shape index (κ2) is 5.11. The van der Waals surface area contributed by atoms with Crippen LogP contribution in [0.1, 0.15) is 13.8 Å².